The Kier molecular flexibility index (Phi) is 5.14. The van der Waals surface area contributed by atoms with Gasteiger partial charge in [-0.25, -0.2) is 4.39 Å². The summed E-state index contributed by atoms with van der Waals surface area (Å²) in [5.74, 6) is 0.615. The maximum atomic E-state index is 13.9. The van der Waals surface area contributed by atoms with Crippen LogP contribution in [0.1, 0.15) is 50.2 Å². The van der Waals surface area contributed by atoms with E-state index in [9.17, 15) is 4.39 Å². The molecule has 0 N–H and O–H groups in total. The molecule has 1 aliphatic rings. The zero-order valence-electron chi connectivity index (χ0n) is 12.4. The Bertz CT molecular complexity index is 484. The lowest BCUT2D eigenvalue weighted by Crippen LogP contribution is -2.34. The number of nitrogens with zero attached hydrogens (tertiary/aromatic N) is 2. The molecule has 0 spiro atoms. The second-order valence-corrected chi connectivity index (χ2v) is 5.92. The van der Waals surface area contributed by atoms with E-state index < -0.39 is 0 Å². The fraction of sp³-hybridized carbons (Fsp3) is 0.588. The molecule has 0 saturated heterocycles. The highest BCUT2D eigenvalue weighted by atomic mass is 19.1. The lowest BCUT2D eigenvalue weighted by atomic mass is 9.84. The molecule has 0 radical (unpaired) electrons. The largest absolute Gasteiger partial charge is 0.299 e. The van der Waals surface area contributed by atoms with Crippen LogP contribution in [0.2, 0.25) is 0 Å². The summed E-state index contributed by atoms with van der Waals surface area (Å²) in [4.78, 5) is 2.26. The molecule has 0 amide bonds. The summed E-state index contributed by atoms with van der Waals surface area (Å²) in [6.07, 6.45) is 6.29. The minimum atomic E-state index is -0.266. The van der Waals surface area contributed by atoms with Crippen LogP contribution in [0.5, 0.6) is 0 Å². The van der Waals surface area contributed by atoms with Crippen molar-refractivity contribution < 1.29 is 4.39 Å². The van der Waals surface area contributed by atoms with Gasteiger partial charge in [-0.2, -0.15) is 5.26 Å². The van der Waals surface area contributed by atoms with Crippen molar-refractivity contribution in [1.29, 1.82) is 5.26 Å². The average molecular weight is 274 g/mol. The van der Waals surface area contributed by atoms with E-state index in [1.54, 1.807) is 12.1 Å². The first kappa shape index (κ1) is 15.0. The predicted octanol–water partition coefficient (Wildman–Crippen LogP) is 4.10. The molecule has 20 heavy (non-hydrogen) atoms. The van der Waals surface area contributed by atoms with Crippen molar-refractivity contribution in [2.75, 3.05) is 7.05 Å². The Morgan fingerprint density at radius 1 is 1.30 bits per heavy atom. The molecule has 1 aromatic rings. The van der Waals surface area contributed by atoms with Gasteiger partial charge in [0.1, 0.15) is 5.82 Å². The van der Waals surface area contributed by atoms with E-state index in [-0.39, 0.29) is 5.82 Å². The molecule has 0 aromatic heterocycles. The van der Waals surface area contributed by atoms with Gasteiger partial charge in [0.15, 0.2) is 0 Å². The minimum absolute atomic E-state index is 0.266. The van der Waals surface area contributed by atoms with Gasteiger partial charge in [0.05, 0.1) is 11.6 Å². The van der Waals surface area contributed by atoms with Crippen LogP contribution in [-0.2, 0) is 6.54 Å². The maximum absolute atomic E-state index is 13.9. The summed E-state index contributed by atoms with van der Waals surface area (Å²) in [7, 11) is 2.08. The molecule has 0 bridgehead atoms. The summed E-state index contributed by atoms with van der Waals surface area (Å²) in [6, 6.07) is 7.30. The summed E-state index contributed by atoms with van der Waals surface area (Å²) >= 11 is 0. The monoisotopic (exact) mass is 274 g/mol. The van der Waals surface area contributed by atoms with Gasteiger partial charge in [-0.3, -0.25) is 4.90 Å². The van der Waals surface area contributed by atoms with E-state index in [0.29, 0.717) is 23.7 Å². The maximum Gasteiger partial charge on any atom is 0.129 e. The predicted molar refractivity (Wildman–Crippen MR) is 78.6 cm³/mol. The van der Waals surface area contributed by atoms with Crippen LogP contribution in [-0.4, -0.2) is 18.0 Å². The zero-order valence-corrected chi connectivity index (χ0v) is 12.4. The Morgan fingerprint density at radius 2 is 2.00 bits per heavy atom. The second-order valence-electron chi connectivity index (χ2n) is 5.92. The highest BCUT2D eigenvalue weighted by Crippen LogP contribution is 2.29. The van der Waals surface area contributed by atoms with Crippen molar-refractivity contribution in [3.8, 4) is 6.07 Å². The summed E-state index contributed by atoms with van der Waals surface area (Å²) in [6.45, 7) is 2.89. The number of hydrogen-bond donors (Lipinski definition) is 0. The van der Waals surface area contributed by atoms with E-state index in [1.165, 1.54) is 38.2 Å². The fourth-order valence-corrected chi connectivity index (χ4v) is 3.14. The van der Waals surface area contributed by atoms with Gasteiger partial charge in [0, 0.05) is 18.2 Å². The Hall–Kier alpha value is -1.40. The normalized spacial score (nSPS) is 22.8. The summed E-state index contributed by atoms with van der Waals surface area (Å²) in [5.41, 5.74) is 1.07. The third-order valence-corrected chi connectivity index (χ3v) is 4.62. The highest BCUT2D eigenvalue weighted by Gasteiger charge is 2.23. The number of benzene rings is 1. The van der Waals surface area contributed by atoms with E-state index in [1.807, 2.05) is 6.07 Å². The number of rotatable bonds is 4. The van der Waals surface area contributed by atoms with E-state index >= 15 is 0 Å². The molecule has 0 aliphatic heterocycles. The fourth-order valence-electron chi connectivity index (χ4n) is 3.14. The quantitative estimate of drug-likeness (QED) is 0.826. The van der Waals surface area contributed by atoms with Crippen molar-refractivity contribution in [2.45, 2.75) is 51.6 Å². The third-order valence-electron chi connectivity index (χ3n) is 4.62. The van der Waals surface area contributed by atoms with E-state index in [2.05, 4.69) is 18.9 Å². The van der Waals surface area contributed by atoms with Crippen molar-refractivity contribution in [2.24, 2.45) is 5.92 Å². The Balaban J connectivity index is 1.95. The number of hydrogen-bond acceptors (Lipinski definition) is 2. The first-order chi connectivity index (χ1) is 9.63. The first-order valence-electron chi connectivity index (χ1n) is 7.52. The lowest BCUT2D eigenvalue weighted by Gasteiger charge is -2.34. The van der Waals surface area contributed by atoms with Gasteiger partial charge in [-0.05, 0) is 50.8 Å². The molecule has 0 unspecified atom stereocenters. The van der Waals surface area contributed by atoms with Crippen molar-refractivity contribution in [3.63, 3.8) is 0 Å². The van der Waals surface area contributed by atoms with Crippen LogP contribution in [0, 0.1) is 23.1 Å². The van der Waals surface area contributed by atoms with Gasteiger partial charge in [0.2, 0.25) is 0 Å². The van der Waals surface area contributed by atoms with Gasteiger partial charge >= 0.3 is 0 Å². The van der Waals surface area contributed by atoms with Gasteiger partial charge in [0.25, 0.3) is 0 Å². The molecule has 2 rings (SSSR count). The first-order valence-corrected chi connectivity index (χ1v) is 7.52. The van der Waals surface area contributed by atoms with Crippen LogP contribution >= 0.6 is 0 Å². The average Bonchev–Trinajstić information content (AvgIpc) is 2.49. The smallest absolute Gasteiger partial charge is 0.129 e. The van der Waals surface area contributed by atoms with Gasteiger partial charge in [-0.1, -0.05) is 19.4 Å². The topological polar surface area (TPSA) is 27.0 Å². The molecule has 1 saturated carbocycles. The molecule has 0 atom stereocenters. The minimum Gasteiger partial charge on any atom is -0.299 e. The second kappa shape index (κ2) is 6.85. The van der Waals surface area contributed by atoms with Crippen LogP contribution in [0.25, 0.3) is 0 Å². The van der Waals surface area contributed by atoms with Crippen molar-refractivity contribution in [3.05, 3.63) is 35.1 Å². The molecule has 108 valence electrons. The summed E-state index contributed by atoms with van der Waals surface area (Å²) in [5, 5.41) is 8.76. The summed E-state index contributed by atoms with van der Waals surface area (Å²) < 4.78 is 13.9. The molecule has 1 fully saturated rings. The van der Waals surface area contributed by atoms with Crippen molar-refractivity contribution >= 4 is 0 Å². The molecule has 1 aromatic carbocycles. The molecular weight excluding hydrogens is 251 g/mol. The van der Waals surface area contributed by atoms with E-state index in [0.717, 1.165) is 5.92 Å². The van der Waals surface area contributed by atoms with Crippen LogP contribution in [0.4, 0.5) is 4.39 Å². The number of nitriles is 1. The molecular formula is C17H23FN2. The molecule has 2 nitrogen and oxygen atoms in total. The van der Waals surface area contributed by atoms with Crippen molar-refractivity contribution in [1.82, 2.24) is 4.90 Å². The number of halogens is 1. The molecule has 0 heterocycles. The zero-order chi connectivity index (χ0) is 14.5. The van der Waals surface area contributed by atoms with Crippen LogP contribution < -0.4 is 0 Å². The molecule has 3 heteroatoms. The Morgan fingerprint density at radius 3 is 2.55 bits per heavy atom. The standard InChI is InChI=1S/C17H23FN2/c1-3-13-5-8-16(9-6-13)20(2)12-15-7-4-14(11-19)10-17(15)18/h4,7,10,13,16H,3,5-6,8-9,12H2,1-2H3. The SMILES string of the molecule is CCC1CCC(N(C)Cc2ccc(C#N)cc2F)CC1. The van der Waals surface area contributed by atoms with Gasteiger partial charge in [-0.15, -0.1) is 0 Å². The molecule has 1 aliphatic carbocycles. The van der Waals surface area contributed by atoms with Crippen LogP contribution in [0.15, 0.2) is 18.2 Å². The highest BCUT2D eigenvalue weighted by molar-refractivity contribution is 5.32. The third kappa shape index (κ3) is 3.58. The van der Waals surface area contributed by atoms with E-state index in [4.69, 9.17) is 5.26 Å². The lowest BCUT2D eigenvalue weighted by molar-refractivity contribution is 0.156. The Labute approximate surface area is 121 Å². The van der Waals surface area contributed by atoms with Crippen LogP contribution in [0.3, 0.4) is 0 Å². The van der Waals surface area contributed by atoms with Gasteiger partial charge < -0.3 is 0 Å².